The van der Waals surface area contributed by atoms with E-state index in [1.807, 2.05) is 0 Å². The quantitative estimate of drug-likeness (QED) is 0.811. The summed E-state index contributed by atoms with van der Waals surface area (Å²) in [6.45, 7) is 4.82. The van der Waals surface area contributed by atoms with Gasteiger partial charge in [0.2, 0.25) is 0 Å². The zero-order chi connectivity index (χ0) is 12.5. The minimum absolute atomic E-state index is 0.674. The summed E-state index contributed by atoms with van der Waals surface area (Å²) in [5.74, 6) is 1.66. The van der Waals surface area contributed by atoms with Crippen molar-refractivity contribution in [3.05, 3.63) is 29.3 Å². The highest BCUT2D eigenvalue weighted by Gasteiger charge is 2.27. The zero-order valence-electron chi connectivity index (χ0n) is 11.7. The molecule has 1 fully saturated rings. The number of hydrogen-bond donors (Lipinski definition) is 1. The first kappa shape index (κ1) is 12.1. The van der Waals surface area contributed by atoms with Crippen LogP contribution in [0, 0.1) is 11.8 Å². The SMILES string of the molecule is CC1CCCC(Nc2ccc3c(c2)CCC3)C1C. The van der Waals surface area contributed by atoms with Gasteiger partial charge in [-0.15, -0.1) is 0 Å². The van der Waals surface area contributed by atoms with Gasteiger partial charge in [0, 0.05) is 11.7 Å². The number of anilines is 1. The van der Waals surface area contributed by atoms with Crippen molar-refractivity contribution in [2.24, 2.45) is 11.8 Å². The van der Waals surface area contributed by atoms with Crippen molar-refractivity contribution in [2.45, 2.75) is 58.4 Å². The van der Waals surface area contributed by atoms with E-state index in [2.05, 4.69) is 37.4 Å². The van der Waals surface area contributed by atoms with E-state index in [-0.39, 0.29) is 0 Å². The van der Waals surface area contributed by atoms with E-state index in [0.29, 0.717) is 6.04 Å². The van der Waals surface area contributed by atoms with Crippen LogP contribution in [0.2, 0.25) is 0 Å². The molecule has 2 aliphatic carbocycles. The van der Waals surface area contributed by atoms with Crippen LogP contribution >= 0.6 is 0 Å². The summed E-state index contributed by atoms with van der Waals surface area (Å²) in [6.07, 6.45) is 8.03. The number of nitrogens with one attached hydrogen (secondary N) is 1. The molecule has 1 N–H and O–H groups in total. The van der Waals surface area contributed by atoms with Crippen LogP contribution in [0.4, 0.5) is 5.69 Å². The molecule has 0 aliphatic heterocycles. The fourth-order valence-corrected chi connectivity index (χ4v) is 3.66. The molecule has 1 heteroatoms. The van der Waals surface area contributed by atoms with Gasteiger partial charge in [0.25, 0.3) is 0 Å². The Bertz CT molecular complexity index is 424. The molecule has 1 saturated carbocycles. The van der Waals surface area contributed by atoms with Crippen molar-refractivity contribution in [3.63, 3.8) is 0 Å². The van der Waals surface area contributed by atoms with Gasteiger partial charge in [-0.05, 0) is 60.8 Å². The zero-order valence-corrected chi connectivity index (χ0v) is 11.7. The maximum atomic E-state index is 3.79. The van der Waals surface area contributed by atoms with Gasteiger partial charge in [-0.1, -0.05) is 32.8 Å². The van der Waals surface area contributed by atoms with E-state index in [9.17, 15) is 0 Å². The average molecular weight is 243 g/mol. The molecule has 18 heavy (non-hydrogen) atoms. The molecule has 2 aliphatic rings. The van der Waals surface area contributed by atoms with Crippen LogP contribution in [0.15, 0.2) is 18.2 Å². The Hall–Kier alpha value is -0.980. The molecule has 0 bridgehead atoms. The molecule has 1 aromatic rings. The van der Waals surface area contributed by atoms with Crippen LogP contribution < -0.4 is 5.32 Å². The highest BCUT2D eigenvalue weighted by molar-refractivity contribution is 5.50. The van der Waals surface area contributed by atoms with Crippen molar-refractivity contribution < 1.29 is 0 Å². The molecule has 3 rings (SSSR count). The second-order valence-corrected chi connectivity index (χ2v) is 6.36. The summed E-state index contributed by atoms with van der Waals surface area (Å²) in [4.78, 5) is 0. The van der Waals surface area contributed by atoms with Gasteiger partial charge in [0.05, 0.1) is 0 Å². The molecule has 0 heterocycles. The lowest BCUT2D eigenvalue weighted by molar-refractivity contribution is 0.253. The lowest BCUT2D eigenvalue weighted by Crippen LogP contribution is -2.35. The Morgan fingerprint density at radius 2 is 1.83 bits per heavy atom. The Kier molecular flexibility index (Phi) is 3.32. The van der Waals surface area contributed by atoms with Crippen LogP contribution in [0.3, 0.4) is 0 Å². The van der Waals surface area contributed by atoms with Crippen LogP contribution in [0.25, 0.3) is 0 Å². The third-order valence-corrected chi connectivity index (χ3v) is 5.16. The first-order chi connectivity index (χ1) is 8.74. The maximum Gasteiger partial charge on any atom is 0.0345 e. The smallest absolute Gasteiger partial charge is 0.0345 e. The van der Waals surface area contributed by atoms with E-state index in [0.717, 1.165) is 11.8 Å². The highest BCUT2D eigenvalue weighted by Crippen LogP contribution is 2.32. The van der Waals surface area contributed by atoms with Gasteiger partial charge in [0.15, 0.2) is 0 Å². The standard InChI is InChI=1S/C17H25N/c1-12-5-3-8-17(13(12)2)18-16-10-9-14-6-4-7-15(14)11-16/h9-13,17-18H,3-8H2,1-2H3. The monoisotopic (exact) mass is 243 g/mol. The van der Waals surface area contributed by atoms with Gasteiger partial charge in [-0.25, -0.2) is 0 Å². The summed E-state index contributed by atoms with van der Waals surface area (Å²) >= 11 is 0. The Labute approximate surface area is 111 Å². The first-order valence-corrected chi connectivity index (χ1v) is 7.62. The summed E-state index contributed by atoms with van der Waals surface area (Å²) in [7, 11) is 0. The highest BCUT2D eigenvalue weighted by atomic mass is 14.9. The number of benzene rings is 1. The fourth-order valence-electron chi connectivity index (χ4n) is 3.66. The molecule has 0 radical (unpaired) electrons. The van der Waals surface area contributed by atoms with Crippen LogP contribution in [0.1, 0.15) is 50.7 Å². The minimum Gasteiger partial charge on any atom is -0.382 e. The van der Waals surface area contributed by atoms with Crippen molar-refractivity contribution in [1.82, 2.24) is 0 Å². The van der Waals surface area contributed by atoms with Crippen LogP contribution in [0.5, 0.6) is 0 Å². The number of hydrogen-bond acceptors (Lipinski definition) is 1. The summed E-state index contributed by atoms with van der Waals surface area (Å²) in [5.41, 5.74) is 4.50. The van der Waals surface area contributed by atoms with E-state index in [1.165, 1.54) is 44.2 Å². The van der Waals surface area contributed by atoms with Gasteiger partial charge in [-0.3, -0.25) is 0 Å². The molecule has 0 aromatic heterocycles. The van der Waals surface area contributed by atoms with Gasteiger partial charge < -0.3 is 5.32 Å². The third kappa shape index (κ3) is 2.28. The molecule has 1 aromatic carbocycles. The fraction of sp³-hybridized carbons (Fsp3) is 0.647. The van der Waals surface area contributed by atoms with E-state index >= 15 is 0 Å². The van der Waals surface area contributed by atoms with Crippen molar-refractivity contribution in [3.8, 4) is 0 Å². The molecule has 0 amide bonds. The third-order valence-electron chi connectivity index (χ3n) is 5.16. The molecule has 3 atom stereocenters. The average Bonchev–Trinajstić information content (AvgIpc) is 2.82. The lowest BCUT2D eigenvalue weighted by atomic mass is 9.78. The van der Waals surface area contributed by atoms with Crippen LogP contribution in [-0.4, -0.2) is 6.04 Å². The number of fused-ring (bicyclic) bond motifs is 1. The second-order valence-electron chi connectivity index (χ2n) is 6.36. The Morgan fingerprint density at radius 1 is 1.00 bits per heavy atom. The molecular formula is C17H25N. The predicted octanol–water partition coefficient (Wildman–Crippen LogP) is 4.41. The predicted molar refractivity (Wildman–Crippen MR) is 78.1 cm³/mol. The lowest BCUT2D eigenvalue weighted by Gasteiger charge is -2.35. The number of aryl methyl sites for hydroxylation is 2. The molecule has 0 spiro atoms. The van der Waals surface area contributed by atoms with Crippen molar-refractivity contribution in [2.75, 3.05) is 5.32 Å². The topological polar surface area (TPSA) is 12.0 Å². The summed E-state index contributed by atoms with van der Waals surface area (Å²) in [6, 6.07) is 7.69. The second kappa shape index (κ2) is 4.95. The van der Waals surface area contributed by atoms with Gasteiger partial charge in [0.1, 0.15) is 0 Å². The van der Waals surface area contributed by atoms with Crippen molar-refractivity contribution >= 4 is 5.69 Å². The minimum atomic E-state index is 0.674. The molecular weight excluding hydrogens is 218 g/mol. The normalized spacial score (nSPS) is 31.1. The number of rotatable bonds is 2. The van der Waals surface area contributed by atoms with E-state index in [4.69, 9.17) is 0 Å². The Morgan fingerprint density at radius 3 is 2.72 bits per heavy atom. The molecule has 98 valence electrons. The maximum absolute atomic E-state index is 3.79. The van der Waals surface area contributed by atoms with Gasteiger partial charge in [-0.2, -0.15) is 0 Å². The van der Waals surface area contributed by atoms with Crippen molar-refractivity contribution in [1.29, 1.82) is 0 Å². The summed E-state index contributed by atoms with van der Waals surface area (Å²) in [5, 5.41) is 3.79. The largest absolute Gasteiger partial charge is 0.382 e. The Balaban J connectivity index is 1.72. The molecule has 0 saturated heterocycles. The van der Waals surface area contributed by atoms with Crippen LogP contribution in [-0.2, 0) is 12.8 Å². The molecule has 1 nitrogen and oxygen atoms in total. The van der Waals surface area contributed by atoms with Gasteiger partial charge >= 0.3 is 0 Å². The molecule has 3 unspecified atom stereocenters. The summed E-state index contributed by atoms with van der Waals surface area (Å²) < 4.78 is 0. The van der Waals surface area contributed by atoms with E-state index in [1.54, 1.807) is 11.1 Å². The van der Waals surface area contributed by atoms with E-state index < -0.39 is 0 Å². The first-order valence-electron chi connectivity index (χ1n) is 7.62.